The summed E-state index contributed by atoms with van der Waals surface area (Å²) in [6, 6.07) is 3.74. The van der Waals surface area contributed by atoms with Crippen LogP contribution in [0.15, 0.2) is 34.8 Å². The van der Waals surface area contributed by atoms with Crippen molar-refractivity contribution < 1.29 is 23.1 Å². The lowest BCUT2D eigenvalue weighted by Gasteiger charge is -2.33. The average Bonchev–Trinajstić information content (AvgIpc) is 2.73. The number of sulfone groups is 1. The van der Waals surface area contributed by atoms with Gasteiger partial charge < -0.3 is 9.84 Å². The molecule has 0 amide bonds. The first-order valence-corrected chi connectivity index (χ1v) is 13.7. The maximum absolute atomic E-state index is 12.9. The summed E-state index contributed by atoms with van der Waals surface area (Å²) < 4.78 is 31.9. The number of carbonyl (C=O) groups is 1. The molecule has 0 radical (unpaired) electrons. The molecule has 0 atom stereocenters. The van der Waals surface area contributed by atoms with Crippen LogP contribution in [0.5, 0.6) is 5.75 Å². The normalized spacial score (nSPS) is 17.5. The molecular weight excluding hydrogens is 436 g/mol. The first-order valence-electron chi connectivity index (χ1n) is 12.1. The van der Waals surface area contributed by atoms with Gasteiger partial charge in [0.15, 0.2) is 9.84 Å². The van der Waals surface area contributed by atoms with Gasteiger partial charge in [0, 0.05) is 11.6 Å². The fraction of sp³-hybridized carbons (Fsp3) is 0.593. The number of unbranched alkanes of at least 4 members (excludes halogenated alkanes) is 4. The Morgan fingerprint density at radius 2 is 1.85 bits per heavy atom. The van der Waals surface area contributed by atoms with E-state index in [0.29, 0.717) is 36.5 Å². The minimum absolute atomic E-state index is 0.160. The highest BCUT2D eigenvalue weighted by Gasteiger charge is 2.36. The number of carboxylic acids is 1. The van der Waals surface area contributed by atoms with Crippen molar-refractivity contribution in [2.24, 2.45) is 0 Å². The second-order valence-corrected chi connectivity index (χ2v) is 11.9. The molecule has 2 rings (SSSR count). The van der Waals surface area contributed by atoms with Crippen molar-refractivity contribution in [3.8, 4) is 5.75 Å². The van der Waals surface area contributed by atoms with Gasteiger partial charge in [-0.05, 0) is 68.2 Å². The summed E-state index contributed by atoms with van der Waals surface area (Å²) in [5, 5.41) is 8.90. The van der Waals surface area contributed by atoms with E-state index in [2.05, 4.69) is 26.8 Å². The summed E-state index contributed by atoms with van der Waals surface area (Å²) in [6.07, 6.45) is 10.9. The fourth-order valence-corrected chi connectivity index (χ4v) is 6.16. The van der Waals surface area contributed by atoms with Crippen LogP contribution in [0.1, 0.15) is 97.1 Å². The van der Waals surface area contributed by atoms with E-state index in [1.807, 2.05) is 19.9 Å². The van der Waals surface area contributed by atoms with E-state index in [4.69, 9.17) is 9.84 Å². The third kappa shape index (κ3) is 7.73. The third-order valence-corrected chi connectivity index (χ3v) is 8.18. The van der Waals surface area contributed by atoms with Gasteiger partial charge in [0.2, 0.25) is 0 Å². The Balaban J connectivity index is 2.35. The Morgan fingerprint density at radius 1 is 1.15 bits per heavy atom. The van der Waals surface area contributed by atoms with E-state index in [-0.39, 0.29) is 11.2 Å². The molecule has 1 aromatic rings. The number of ether oxygens (including phenoxy) is 1. The molecule has 0 spiro atoms. The zero-order valence-electron chi connectivity index (χ0n) is 20.9. The molecule has 1 aliphatic heterocycles. The fourth-order valence-electron chi connectivity index (χ4n) is 4.21. The molecular formula is C27H40O5S. The molecule has 0 fully saturated rings. The number of rotatable bonds is 12. The van der Waals surface area contributed by atoms with Gasteiger partial charge in [-0.3, -0.25) is 0 Å². The standard InChI is InChI=1S/C27H40O5S/c1-6-7-8-9-10-15-32-24-19-25-23(27(4,5)14-16-33(25,30)31)18-22(24)21(3)13-11-12-20(2)17-26(28)29/h13,17-19H,6-12,14-16H2,1-5H3,(H,28,29)/b20-17+,21-13+. The molecule has 1 heterocycles. The van der Waals surface area contributed by atoms with Crippen LogP contribution in [0.3, 0.4) is 0 Å². The second-order valence-electron chi connectivity index (χ2n) is 9.81. The molecule has 5 nitrogen and oxygen atoms in total. The maximum atomic E-state index is 12.9. The lowest BCUT2D eigenvalue weighted by atomic mass is 9.80. The van der Waals surface area contributed by atoms with Crippen molar-refractivity contribution >= 4 is 21.4 Å². The molecule has 0 unspecified atom stereocenters. The number of hydrogen-bond donors (Lipinski definition) is 1. The largest absolute Gasteiger partial charge is 0.493 e. The summed E-state index contributed by atoms with van der Waals surface area (Å²) in [7, 11) is -3.32. The highest BCUT2D eigenvalue weighted by atomic mass is 32.2. The molecule has 1 N–H and O–H groups in total. The van der Waals surface area contributed by atoms with E-state index >= 15 is 0 Å². The molecule has 6 heteroatoms. The zero-order valence-corrected chi connectivity index (χ0v) is 21.7. The van der Waals surface area contributed by atoms with Crippen LogP contribution < -0.4 is 4.74 Å². The molecule has 0 aliphatic carbocycles. The Morgan fingerprint density at radius 3 is 2.52 bits per heavy atom. The predicted molar refractivity (Wildman–Crippen MR) is 135 cm³/mol. The number of fused-ring (bicyclic) bond motifs is 1. The molecule has 0 saturated heterocycles. The minimum Gasteiger partial charge on any atom is -0.493 e. The van der Waals surface area contributed by atoms with Gasteiger partial charge in [-0.15, -0.1) is 0 Å². The molecule has 0 saturated carbocycles. The Labute approximate surface area is 199 Å². The Kier molecular flexibility index (Phi) is 9.77. The van der Waals surface area contributed by atoms with Crippen LogP contribution in [-0.2, 0) is 20.0 Å². The van der Waals surface area contributed by atoms with Crippen molar-refractivity contribution in [2.45, 2.75) is 96.3 Å². The number of benzene rings is 1. The number of hydrogen-bond acceptors (Lipinski definition) is 4. The molecule has 184 valence electrons. The van der Waals surface area contributed by atoms with E-state index in [9.17, 15) is 13.2 Å². The van der Waals surface area contributed by atoms with Gasteiger partial charge >= 0.3 is 5.97 Å². The smallest absolute Gasteiger partial charge is 0.328 e. The second kappa shape index (κ2) is 11.9. The summed E-state index contributed by atoms with van der Waals surface area (Å²) >= 11 is 0. The molecule has 33 heavy (non-hydrogen) atoms. The van der Waals surface area contributed by atoms with Crippen LogP contribution in [0.4, 0.5) is 0 Å². The number of aliphatic carboxylic acids is 1. The van der Waals surface area contributed by atoms with E-state index in [1.54, 1.807) is 6.07 Å². The van der Waals surface area contributed by atoms with E-state index in [0.717, 1.165) is 35.1 Å². The van der Waals surface area contributed by atoms with Crippen molar-refractivity contribution in [2.75, 3.05) is 12.4 Å². The van der Waals surface area contributed by atoms with Crippen molar-refractivity contribution in [3.05, 3.63) is 41.0 Å². The zero-order chi connectivity index (χ0) is 24.6. The summed E-state index contributed by atoms with van der Waals surface area (Å²) in [4.78, 5) is 11.2. The van der Waals surface area contributed by atoms with Crippen LogP contribution in [0, 0.1) is 0 Å². The highest BCUT2D eigenvalue weighted by molar-refractivity contribution is 7.91. The monoisotopic (exact) mass is 476 g/mol. The lowest BCUT2D eigenvalue weighted by molar-refractivity contribution is -0.131. The number of carboxylic acid groups (broad SMARTS) is 1. The van der Waals surface area contributed by atoms with E-state index in [1.165, 1.54) is 25.3 Å². The maximum Gasteiger partial charge on any atom is 0.328 e. The molecule has 0 aromatic heterocycles. The van der Waals surface area contributed by atoms with Gasteiger partial charge in [0.25, 0.3) is 0 Å². The van der Waals surface area contributed by atoms with Gasteiger partial charge in [-0.25, -0.2) is 13.2 Å². The van der Waals surface area contributed by atoms with Crippen LogP contribution in [0.25, 0.3) is 5.57 Å². The quantitative estimate of drug-likeness (QED) is 0.268. The molecule has 0 bridgehead atoms. The van der Waals surface area contributed by atoms with Crippen molar-refractivity contribution in [3.63, 3.8) is 0 Å². The van der Waals surface area contributed by atoms with Crippen LogP contribution in [-0.4, -0.2) is 31.9 Å². The minimum atomic E-state index is -3.32. The van der Waals surface area contributed by atoms with Gasteiger partial charge in [-0.1, -0.05) is 58.1 Å². The molecule has 1 aliphatic rings. The Bertz CT molecular complexity index is 1000. The first kappa shape index (κ1) is 27.2. The van der Waals surface area contributed by atoms with Crippen molar-refractivity contribution in [1.82, 2.24) is 0 Å². The summed E-state index contributed by atoms with van der Waals surface area (Å²) in [5.41, 5.74) is 3.38. The van der Waals surface area contributed by atoms with Crippen molar-refractivity contribution in [1.29, 1.82) is 0 Å². The third-order valence-electron chi connectivity index (χ3n) is 6.43. The van der Waals surface area contributed by atoms with Crippen LogP contribution >= 0.6 is 0 Å². The topological polar surface area (TPSA) is 80.7 Å². The highest BCUT2D eigenvalue weighted by Crippen LogP contribution is 2.43. The van der Waals surface area contributed by atoms with Gasteiger partial charge in [0.1, 0.15) is 5.75 Å². The van der Waals surface area contributed by atoms with Gasteiger partial charge in [-0.2, -0.15) is 0 Å². The summed E-state index contributed by atoms with van der Waals surface area (Å²) in [6.45, 7) is 10.8. The lowest BCUT2D eigenvalue weighted by Crippen LogP contribution is -2.30. The first-order chi connectivity index (χ1) is 15.5. The van der Waals surface area contributed by atoms with E-state index < -0.39 is 15.8 Å². The van der Waals surface area contributed by atoms with Crippen LogP contribution in [0.2, 0.25) is 0 Å². The Hall–Kier alpha value is -2.08. The average molecular weight is 477 g/mol. The van der Waals surface area contributed by atoms with Gasteiger partial charge in [0.05, 0.1) is 17.3 Å². The predicted octanol–water partition coefficient (Wildman–Crippen LogP) is 6.71. The summed E-state index contributed by atoms with van der Waals surface area (Å²) in [5.74, 6) is -0.148. The molecule has 1 aromatic carbocycles. The number of allylic oxidation sites excluding steroid dienone is 3. The SMILES string of the molecule is CCCCCCCOc1cc2c(cc1/C(C)=C/CC/C(C)=C/C(=O)O)C(C)(C)CCS2(=O)=O.